The Bertz CT molecular complexity index is 1720. The number of ether oxygens (including phenoxy) is 2. The first-order valence-corrected chi connectivity index (χ1v) is 16.6. The SMILES string of the molecule is CCCNC(=O)C(Cc1ccccc1)N(Cc1cccc(OC)c1)C(=O)CN(c1cc(Cl)ccc1OC)S(=O)(=O)c1ccccc1. The minimum absolute atomic E-state index is 0.0129. The van der Waals surface area contributed by atoms with Crippen molar-refractivity contribution in [3.63, 3.8) is 0 Å². The number of methoxy groups -OCH3 is 2. The first-order valence-electron chi connectivity index (χ1n) is 14.8. The number of hydrogen-bond donors (Lipinski definition) is 1. The van der Waals surface area contributed by atoms with Crippen molar-refractivity contribution in [3.05, 3.63) is 119 Å². The molecular formula is C35H38ClN3O6S. The first kappa shape index (κ1) is 34.3. The van der Waals surface area contributed by atoms with E-state index in [0.717, 1.165) is 9.87 Å². The van der Waals surface area contributed by atoms with Crippen LogP contribution >= 0.6 is 11.6 Å². The van der Waals surface area contributed by atoms with Crippen LogP contribution in [-0.4, -0.2) is 58.5 Å². The topological polar surface area (TPSA) is 105 Å². The van der Waals surface area contributed by atoms with E-state index in [0.29, 0.717) is 24.3 Å². The Balaban J connectivity index is 1.85. The molecule has 1 atom stereocenters. The third kappa shape index (κ3) is 8.58. The van der Waals surface area contributed by atoms with E-state index in [-0.39, 0.29) is 40.2 Å². The summed E-state index contributed by atoms with van der Waals surface area (Å²) in [6.45, 7) is 1.74. The number of hydrogen-bond acceptors (Lipinski definition) is 6. The van der Waals surface area contributed by atoms with Crippen molar-refractivity contribution in [1.82, 2.24) is 10.2 Å². The summed E-state index contributed by atoms with van der Waals surface area (Å²) >= 11 is 6.34. The zero-order chi connectivity index (χ0) is 33.1. The minimum Gasteiger partial charge on any atom is -0.497 e. The van der Waals surface area contributed by atoms with Crippen molar-refractivity contribution in [2.24, 2.45) is 0 Å². The van der Waals surface area contributed by atoms with Crippen LogP contribution in [0.2, 0.25) is 5.02 Å². The molecule has 0 spiro atoms. The lowest BCUT2D eigenvalue weighted by Crippen LogP contribution is -2.53. The highest BCUT2D eigenvalue weighted by Gasteiger charge is 2.35. The Labute approximate surface area is 275 Å². The second kappa shape index (κ2) is 16.1. The number of anilines is 1. The molecule has 2 amide bonds. The van der Waals surface area contributed by atoms with E-state index >= 15 is 0 Å². The molecule has 0 radical (unpaired) electrons. The Morgan fingerprint density at radius 3 is 2.17 bits per heavy atom. The molecule has 0 aliphatic rings. The van der Waals surface area contributed by atoms with E-state index in [1.165, 1.54) is 30.2 Å². The van der Waals surface area contributed by atoms with Crippen LogP contribution in [0.3, 0.4) is 0 Å². The van der Waals surface area contributed by atoms with E-state index in [4.69, 9.17) is 21.1 Å². The average molecular weight is 664 g/mol. The molecule has 4 rings (SSSR count). The van der Waals surface area contributed by atoms with E-state index in [2.05, 4.69) is 5.32 Å². The molecule has 0 aliphatic heterocycles. The molecule has 1 N–H and O–H groups in total. The van der Waals surface area contributed by atoms with Gasteiger partial charge in [0.15, 0.2) is 0 Å². The molecule has 4 aromatic carbocycles. The van der Waals surface area contributed by atoms with Gasteiger partial charge in [-0.1, -0.05) is 79.2 Å². The number of benzene rings is 4. The number of nitrogens with zero attached hydrogens (tertiary/aromatic N) is 2. The molecule has 0 heterocycles. The fourth-order valence-electron chi connectivity index (χ4n) is 4.98. The van der Waals surface area contributed by atoms with E-state index in [1.807, 2.05) is 43.3 Å². The monoisotopic (exact) mass is 663 g/mol. The van der Waals surface area contributed by atoms with Crippen LogP contribution in [0.5, 0.6) is 11.5 Å². The molecule has 11 heteroatoms. The van der Waals surface area contributed by atoms with Crippen LogP contribution in [0.4, 0.5) is 5.69 Å². The van der Waals surface area contributed by atoms with Gasteiger partial charge in [-0.05, 0) is 60.0 Å². The summed E-state index contributed by atoms with van der Waals surface area (Å²) in [4.78, 5) is 29.8. The summed E-state index contributed by atoms with van der Waals surface area (Å²) in [5.41, 5.74) is 1.63. The van der Waals surface area contributed by atoms with Gasteiger partial charge in [0, 0.05) is 24.5 Å². The molecule has 242 valence electrons. The molecular weight excluding hydrogens is 626 g/mol. The van der Waals surface area contributed by atoms with Gasteiger partial charge in [0.2, 0.25) is 11.8 Å². The fraction of sp³-hybridized carbons (Fsp3) is 0.257. The van der Waals surface area contributed by atoms with Gasteiger partial charge in [0.25, 0.3) is 10.0 Å². The van der Waals surface area contributed by atoms with E-state index in [1.54, 1.807) is 55.6 Å². The number of sulfonamides is 1. The average Bonchev–Trinajstić information content (AvgIpc) is 3.08. The Morgan fingerprint density at radius 1 is 0.848 bits per heavy atom. The van der Waals surface area contributed by atoms with Gasteiger partial charge < -0.3 is 19.7 Å². The highest BCUT2D eigenvalue weighted by atomic mass is 35.5. The predicted molar refractivity (Wildman–Crippen MR) is 180 cm³/mol. The number of carbonyl (C=O) groups excluding carboxylic acids is 2. The van der Waals surface area contributed by atoms with Crippen molar-refractivity contribution in [2.45, 2.75) is 37.2 Å². The van der Waals surface area contributed by atoms with Crippen LogP contribution < -0.4 is 19.1 Å². The number of amides is 2. The molecule has 46 heavy (non-hydrogen) atoms. The van der Waals surface area contributed by atoms with Gasteiger partial charge >= 0.3 is 0 Å². The molecule has 0 bridgehead atoms. The summed E-state index contributed by atoms with van der Waals surface area (Å²) < 4.78 is 40.3. The van der Waals surface area contributed by atoms with Gasteiger partial charge in [0.05, 0.1) is 24.8 Å². The van der Waals surface area contributed by atoms with E-state index < -0.39 is 28.5 Å². The fourth-order valence-corrected chi connectivity index (χ4v) is 6.58. The third-order valence-electron chi connectivity index (χ3n) is 7.33. The molecule has 9 nitrogen and oxygen atoms in total. The van der Waals surface area contributed by atoms with Crippen molar-refractivity contribution in [2.75, 3.05) is 31.6 Å². The summed E-state index contributed by atoms with van der Waals surface area (Å²) in [5.74, 6) is -0.161. The highest BCUT2D eigenvalue weighted by Crippen LogP contribution is 2.35. The summed E-state index contributed by atoms with van der Waals surface area (Å²) in [6, 6.07) is 28.0. The normalized spacial score (nSPS) is 11.7. The van der Waals surface area contributed by atoms with Gasteiger partial charge in [-0.15, -0.1) is 0 Å². The second-order valence-electron chi connectivity index (χ2n) is 10.5. The lowest BCUT2D eigenvalue weighted by Gasteiger charge is -2.34. The van der Waals surface area contributed by atoms with Gasteiger partial charge in [-0.25, -0.2) is 8.42 Å². The molecule has 0 fully saturated rings. The predicted octanol–water partition coefficient (Wildman–Crippen LogP) is 5.72. The molecule has 0 saturated carbocycles. The van der Waals surface area contributed by atoms with Crippen molar-refractivity contribution >= 4 is 39.1 Å². The Morgan fingerprint density at radius 2 is 1.52 bits per heavy atom. The standard InChI is InChI=1S/C35H38ClN3O6S/c1-4-20-37-35(41)32(22-26-12-7-5-8-13-26)38(24-27-14-11-15-29(21-27)44-2)34(40)25-39(31-23-28(36)18-19-33(31)45-3)46(42,43)30-16-9-6-10-17-30/h5-19,21,23,32H,4,20,22,24-25H2,1-3H3,(H,37,41). The molecule has 0 aliphatic carbocycles. The lowest BCUT2D eigenvalue weighted by atomic mass is 10.0. The maximum atomic E-state index is 14.6. The van der Waals surface area contributed by atoms with Gasteiger partial charge in [0.1, 0.15) is 24.1 Å². The third-order valence-corrected chi connectivity index (χ3v) is 9.34. The quantitative estimate of drug-likeness (QED) is 0.175. The maximum absolute atomic E-state index is 14.6. The molecule has 0 aromatic heterocycles. The Hall–Kier alpha value is -4.54. The smallest absolute Gasteiger partial charge is 0.264 e. The van der Waals surface area contributed by atoms with Crippen molar-refractivity contribution in [3.8, 4) is 11.5 Å². The van der Waals surface area contributed by atoms with Gasteiger partial charge in [-0.2, -0.15) is 0 Å². The highest BCUT2D eigenvalue weighted by molar-refractivity contribution is 7.92. The van der Waals surface area contributed by atoms with Crippen LogP contribution in [0.15, 0.2) is 108 Å². The zero-order valence-electron chi connectivity index (χ0n) is 26.1. The minimum atomic E-state index is -4.31. The summed E-state index contributed by atoms with van der Waals surface area (Å²) in [6.07, 6.45) is 0.906. The van der Waals surface area contributed by atoms with Crippen LogP contribution in [0.25, 0.3) is 0 Å². The molecule has 1 unspecified atom stereocenters. The van der Waals surface area contributed by atoms with Crippen LogP contribution in [0, 0.1) is 0 Å². The lowest BCUT2D eigenvalue weighted by molar-refractivity contribution is -0.140. The van der Waals surface area contributed by atoms with Crippen LogP contribution in [-0.2, 0) is 32.6 Å². The summed E-state index contributed by atoms with van der Waals surface area (Å²) in [7, 11) is -1.36. The zero-order valence-corrected chi connectivity index (χ0v) is 27.6. The number of nitrogens with one attached hydrogen (secondary N) is 1. The number of halogens is 1. The number of carbonyl (C=O) groups is 2. The first-order chi connectivity index (χ1) is 22.2. The van der Waals surface area contributed by atoms with E-state index in [9.17, 15) is 18.0 Å². The molecule has 4 aromatic rings. The van der Waals surface area contributed by atoms with Gasteiger partial charge in [-0.3, -0.25) is 13.9 Å². The van der Waals surface area contributed by atoms with Crippen molar-refractivity contribution < 1.29 is 27.5 Å². The van der Waals surface area contributed by atoms with Crippen molar-refractivity contribution in [1.29, 1.82) is 0 Å². The number of rotatable bonds is 15. The summed E-state index contributed by atoms with van der Waals surface area (Å²) in [5, 5.41) is 3.19. The van der Waals surface area contributed by atoms with Crippen LogP contribution in [0.1, 0.15) is 24.5 Å². The molecule has 0 saturated heterocycles. The second-order valence-corrected chi connectivity index (χ2v) is 12.8. The largest absolute Gasteiger partial charge is 0.497 e. The Kier molecular flexibility index (Phi) is 12.1. The maximum Gasteiger partial charge on any atom is 0.264 e.